The minimum Gasteiger partial charge on any atom is -0.362 e. The van der Waals surface area contributed by atoms with Crippen LogP contribution in [0.3, 0.4) is 0 Å². The molecule has 0 saturated carbocycles. The van der Waals surface area contributed by atoms with E-state index in [0.717, 1.165) is 22.5 Å². The van der Waals surface area contributed by atoms with E-state index in [0.29, 0.717) is 12.0 Å². The average Bonchev–Trinajstić information content (AvgIpc) is 2.87. The molecular weight excluding hydrogens is 357 g/mol. The van der Waals surface area contributed by atoms with Gasteiger partial charge in [0.1, 0.15) is 5.82 Å². The predicted octanol–water partition coefficient (Wildman–Crippen LogP) is 3.37. The van der Waals surface area contributed by atoms with Crippen LogP contribution in [0.5, 0.6) is 0 Å². The van der Waals surface area contributed by atoms with Gasteiger partial charge in [0.2, 0.25) is 5.91 Å². The number of aromatic amines is 1. The van der Waals surface area contributed by atoms with Crippen LogP contribution in [0.2, 0.25) is 5.02 Å². The molecule has 2 N–H and O–H groups in total. The summed E-state index contributed by atoms with van der Waals surface area (Å²) >= 11 is 5.73. The fourth-order valence-corrected chi connectivity index (χ4v) is 2.99. The molecule has 0 bridgehead atoms. The average molecular weight is 380 g/mol. The lowest BCUT2D eigenvalue weighted by Gasteiger charge is -2.10. The van der Waals surface area contributed by atoms with Gasteiger partial charge in [0.05, 0.1) is 10.6 Å². The predicted molar refractivity (Wildman–Crippen MR) is 99.9 cm³/mol. The summed E-state index contributed by atoms with van der Waals surface area (Å²) in [6.45, 7) is 4.02. The summed E-state index contributed by atoms with van der Waals surface area (Å²) in [6, 6.07) is 4.35. The fourth-order valence-electron chi connectivity index (χ4n) is 2.79. The summed E-state index contributed by atoms with van der Waals surface area (Å²) in [6.07, 6.45) is 0.786. The number of nitrogens with zero attached hydrogens (tertiary/aromatic N) is 1. The number of carbonyl (C=O) groups excluding carboxylic acids is 2. The number of halogens is 2. The van der Waals surface area contributed by atoms with Crippen molar-refractivity contribution in [1.82, 2.24) is 15.2 Å². The van der Waals surface area contributed by atoms with Crippen LogP contribution in [0, 0.1) is 19.7 Å². The van der Waals surface area contributed by atoms with Crippen LogP contribution >= 0.6 is 11.6 Å². The lowest BCUT2D eigenvalue weighted by molar-refractivity contribution is -0.121. The zero-order valence-electron chi connectivity index (χ0n) is 15.4. The third-order valence-electron chi connectivity index (χ3n) is 4.24. The quantitative estimate of drug-likeness (QED) is 0.808. The molecule has 0 saturated heterocycles. The molecule has 2 amide bonds. The normalized spacial score (nSPS) is 10.7. The summed E-state index contributed by atoms with van der Waals surface area (Å²) < 4.78 is 13.1. The summed E-state index contributed by atoms with van der Waals surface area (Å²) in [5.41, 5.74) is 3.95. The maximum absolute atomic E-state index is 13.1. The van der Waals surface area contributed by atoms with Gasteiger partial charge >= 0.3 is 0 Å². The zero-order valence-corrected chi connectivity index (χ0v) is 16.1. The van der Waals surface area contributed by atoms with Crippen molar-refractivity contribution >= 4 is 23.4 Å². The van der Waals surface area contributed by atoms with Gasteiger partial charge in [0, 0.05) is 38.4 Å². The maximum atomic E-state index is 13.1. The number of carbonyl (C=O) groups is 2. The molecule has 2 aromatic rings. The van der Waals surface area contributed by atoms with E-state index in [9.17, 15) is 14.0 Å². The molecule has 7 heteroatoms. The van der Waals surface area contributed by atoms with Crippen molar-refractivity contribution in [3.8, 4) is 0 Å². The Morgan fingerprint density at radius 1 is 1.27 bits per heavy atom. The van der Waals surface area contributed by atoms with Crippen LogP contribution in [-0.2, 0) is 17.8 Å². The van der Waals surface area contributed by atoms with Gasteiger partial charge in [-0.2, -0.15) is 0 Å². The first-order chi connectivity index (χ1) is 12.2. The number of rotatable bonds is 6. The highest BCUT2D eigenvalue weighted by Gasteiger charge is 2.19. The van der Waals surface area contributed by atoms with Crippen LogP contribution in [0.4, 0.5) is 4.39 Å². The summed E-state index contributed by atoms with van der Waals surface area (Å²) in [5, 5.41) is 2.82. The first-order valence-corrected chi connectivity index (χ1v) is 8.68. The number of hydrogen-bond donors (Lipinski definition) is 2. The standard InChI is InChI=1S/C19H23ClFN3O2/c1-11-16(23-12(2)18(11)19(26)24(3)4)7-8-17(25)22-10-13-5-6-15(21)14(20)9-13/h5-6,9,23H,7-8,10H2,1-4H3,(H,22,25). The van der Waals surface area contributed by atoms with Crippen LogP contribution in [-0.4, -0.2) is 35.8 Å². The van der Waals surface area contributed by atoms with Crippen molar-refractivity contribution in [3.05, 3.63) is 57.1 Å². The Kier molecular flexibility index (Phi) is 6.42. The second-order valence-corrected chi connectivity index (χ2v) is 6.86. The summed E-state index contributed by atoms with van der Waals surface area (Å²) in [7, 11) is 3.42. The Bertz CT molecular complexity index is 830. The van der Waals surface area contributed by atoms with E-state index in [1.165, 1.54) is 17.0 Å². The Morgan fingerprint density at radius 2 is 1.96 bits per heavy atom. The van der Waals surface area contributed by atoms with Crippen LogP contribution in [0.1, 0.15) is 39.3 Å². The van der Waals surface area contributed by atoms with Gasteiger partial charge in [0.15, 0.2) is 0 Å². The lowest BCUT2D eigenvalue weighted by atomic mass is 10.1. The molecule has 5 nitrogen and oxygen atoms in total. The number of aromatic nitrogens is 1. The molecule has 2 rings (SSSR count). The van der Waals surface area contributed by atoms with Crippen molar-refractivity contribution in [2.75, 3.05) is 14.1 Å². The maximum Gasteiger partial charge on any atom is 0.255 e. The molecule has 0 atom stereocenters. The minimum absolute atomic E-state index is 0.0346. The molecule has 0 fully saturated rings. The third-order valence-corrected chi connectivity index (χ3v) is 4.53. The Labute approximate surface area is 157 Å². The van der Waals surface area contributed by atoms with E-state index in [1.54, 1.807) is 20.2 Å². The molecular formula is C19H23ClFN3O2. The molecule has 1 aromatic heterocycles. The first-order valence-electron chi connectivity index (χ1n) is 8.31. The Balaban J connectivity index is 1.94. The van der Waals surface area contributed by atoms with Gasteiger partial charge in [-0.05, 0) is 43.5 Å². The fraction of sp³-hybridized carbons (Fsp3) is 0.368. The van der Waals surface area contributed by atoms with E-state index in [1.807, 2.05) is 13.8 Å². The number of hydrogen-bond acceptors (Lipinski definition) is 2. The molecule has 140 valence electrons. The van der Waals surface area contributed by atoms with Gasteiger partial charge in [-0.15, -0.1) is 0 Å². The van der Waals surface area contributed by atoms with Crippen LogP contribution < -0.4 is 5.32 Å². The van der Waals surface area contributed by atoms with E-state index in [4.69, 9.17) is 11.6 Å². The lowest BCUT2D eigenvalue weighted by Crippen LogP contribution is -2.23. The number of aryl methyl sites for hydroxylation is 2. The number of H-pyrrole nitrogens is 1. The molecule has 0 aliphatic carbocycles. The molecule has 0 unspecified atom stereocenters. The van der Waals surface area contributed by atoms with E-state index < -0.39 is 5.82 Å². The van der Waals surface area contributed by atoms with Crippen LogP contribution in [0.15, 0.2) is 18.2 Å². The highest BCUT2D eigenvalue weighted by Crippen LogP contribution is 2.20. The van der Waals surface area contributed by atoms with Crippen molar-refractivity contribution < 1.29 is 14.0 Å². The number of nitrogens with one attached hydrogen (secondary N) is 2. The summed E-state index contributed by atoms with van der Waals surface area (Å²) in [4.78, 5) is 29.1. The monoisotopic (exact) mass is 379 g/mol. The molecule has 26 heavy (non-hydrogen) atoms. The number of amides is 2. The van der Waals surface area contributed by atoms with Gasteiger partial charge in [-0.1, -0.05) is 17.7 Å². The molecule has 0 spiro atoms. The Hall–Kier alpha value is -2.34. The van der Waals surface area contributed by atoms with Gasteiger partial charge < -0.3 is 15.2 Å². The van der Waals surface area contributed by atoms with Gasteiger partial charge in [-0.25, -0.2) is 4.39 Å². The molecule has 0 aliphatic rings. The van der Waals surface area contributed by atoms with E-state index in [-0.39, 0.29) is 29.8 Å². The second kappa shape index (κ2) is 8.36. The minimum atomic E-state index is -0.484. The van der Waals surface area contributed by atoms with Crippen LogP contribution in [0.25, 0.3) is 0 Å². The summed E-state index contributed by atoms with van der Waals surface area (Å²) in [5.74, 6) is -0.667. The van der Waals surface area contributed by atoms with E-state index >= 15 is 0 Å². The largest absolute Gasteiger partial charge is 0.362 e. The third kappa shape index (κ3) is 4.64. The van der Waals surface area contributed by atoms with Crippen molar-refractivity contribution in [2.24, 2.45) is 0 Å². The smallest absolute Gasteiger partial charge is 0.255 e. The second-order valence-electron chi connectivity index (χ2n) is 6.45. The topological polar surface area (TPSA) is 65.2 Å². The first kappa shape index (κ1) is 20.0. The van der Waals surface area contributed by atoms with E-state index in [2.05, 4.69) is 10.3 Å². The molecule has 0 aliphatic heterocycles. The SMILES string of the molecule is Cc1[nH]c(CCC(=O)NCc2ccc(F)c(Cl)c2)c(C)c1C(=O)N(C)C. The van der Waals surface area contributed by atoms with Crippen molar-refractivity contribution in [1.29, 1.82) is 0 Å². The highest BCUT2D eigenvalue weighted by molar-refractivity contribution is 6.30. The zero-order chi connectivity index (χ0) is 19.4. The Morgan fingerprint density at radius 3 is 2.58 bits per heavy atom. The molecule has 1 heterocycles. The highest BCUT2D eigenvalue weighted by atomic mass is 35.5. The molecule has 1 aromatic carbocycles. The van der Waals surface area contributed by atoms with Gasteiger partial charge in [0.25, 0.3) is 5.91 Å². The van der Waals surface area contributed by atoms with Crippen molar-refractivity contribution in [3.63, 3.8) is 0 Å². The van der Waals surface area contributed by atoms with Crippen molar-refractivity contribution in [2.45, 2.75) is 33.2 Å². The van der Waals surface area contributed by atoms with Gasteiger partial charge in [-0.3, -0.25) is 9.59 Å². The number of benzene rings is 1. The molecule has 0 radical (unpaired) electrons.